The number of hydrogen-bond donors (Lipinski definition) is 4. The number of carbonyl (C=O) groups is 5. The van der Waals surface area contributed by atoms with Crippen LogP contribution in [0.1, 0.15) is 87.7 Å². The number of carbonyl (C=O) groups excluding carboxylic acids is 5. The Morgan fingerprint density at radius 3 is 2.06 bits per heavy atom. The lowest BCUT2D eigenvalue weighted by molar-refractivity contribution is -0.140. The number of phenols is 1. The predicted octanol–water partition coefficient (Wildman–Crippen LogP) is 3.04. The fraction of sp³-hybridized carbons (Fsp3) is 0.485. The lowest BCUT2D eigenvalue weighted by Crippen LogP contribution is -2.54. The van der Waals surface area contributed by atoms with E-state index in [9.17, 15) is 29.1 Å². The Hall–Kier alpha value is -4.02. The summed E-state index contributed by atoms with van der Waals surface area (Å²) >= 11 is 4.09. The van der Waals surface area contributed by atoms with Crippen LogP contribution in [0.3, 0.4) is 0 Å². The molecule has 4 N–H and O–H groups in total. The van der Waals surface area contributed by atoms with E-state index in [0.717, 1.165) is 6.42 Å². The van der Waals surface area contributed by atoms with E-state index in [-0.39, 0.29) is 41.4 Å². The van der Waals surface area contributed by atoms with Crippen molar-refractivity contribution in [2.75, 3.05) is 25.1 Å². The number of fused-ring (bicyclic) bond motifs is 7. The first-order valence-corrected chi connectivity index (χ1v) is 19.5. The highest BCUT2D eigenvalue weighted by Crippen LogP contribution is 2.35. The van der Waals surface area contributed by atoms with Gasteiger partial charge in [-0.15, -0.1) is 22.7 Å². The number of thioether (sulfide) groups is 1. The molecule has 0 aliphatic carbocycles. The Labute approximate surface area is 296 Å². The van der Waals surface area contributed by atoms with Crippen LogP contribution in [0, 0.1) is 0 Å². The van der Waals surface area contributed by atoms with Gasteiger partial charge in [-0.3, -0.25) is 24.0 Å². The Balaban J connectivity index is 1.35. The Bertz CT molecular complexity index is 1710. The number of hydrogen-bond acceptors (Lipinski definition) is 11. The molecule has 3 aliphatic rings. The van der Waals surface area contributed by atoms with E-state index in [2.05, 4.69) is 25.9 Å². The van der Waals surface area contributed by atoms with Crippen molar-refractivity contribution in [1.29, 1.82) is 0 Å². The molecule has 6 rings (SSSR count). The summed E-state index contributed by atoms with van der Waals surface area (Å²) in [4.78, 5) is 81.2. The molecule has 5 atom stereocenters. The molecule has 2 saturated heterocycles. The topological polar surface area (TPSA) is 174 Å². The first kappa shape index (κ1) is 34.8. The van der Waals surface area contributed by atoms with E-state index in [0.29, 0.717) is 60.1 Å². The number of phenolic OH excluding ortho intramolecular Hbond substituents is 1. The van der Waals surface area contributed by atoms with Crippen LogP contribution >= 0.6 is 34.4 Å². The number of nitrogens with one attached hydrogen (secondary N) is 3. The van der Waals surface area contributed by atoms with Gasteiger partial charge < -0.3 is 30.9 Å². The second-order valence-corrected chi connectivity index (χ2v) is 15.2. The van der Waals surface area contributed by atoms with Crippen LogP contribution in [0.15, 0.2) is 35.0 Å². The molecule has 0 radical (unpaired) electrons. The fourth-order valence-electron chi connectivity index (χ4n) is 6.52. The Kier molecular flexibility index (Phi) is 10.8. The van der Waals surface area contributed by atoms with Crippen molar-refractivity contribution in [2.45, 2.75) is 75.7 Å². The zero-order valence-electron chi connectivity index (χ0n) is 27.2. The Morgan fingerprint density at radius 2 is 1.39 bits per heavy atom. The minimum atomic E-state index is -1.01. The third-order valence-corrected chi connectivity index (χ3v) is 11.7. The minimum Gasteiger partial charge on any atom is -0.508 e. The average molecular weight is 726 g/mol. The third-order valence-electron chi connectivity index (χ3n) is 9.09. The fourth-order valence-corrected chi connectivity index (χ4v) is 8.75. The van der Waals surface area contributed by atoms with Crippen LogP contribution in [0.25, 0.3) is 0 Å². The predicted molar refractivity (Wildman–Crippen MR) is 187 cm³/mol. The first-order valence-electron chi connectivity index (χ1n) is 16.3. The SMILES string of the molecule is CSCC[C@@H]1NC(=O)c2csc(n2)[C@H](C)NC(=O)[C@@H]2CCCN2C(=O)[C@H](Cc2ccc(O)cc2)NC(=O)c2csc(n2)[C@@H]2CCCN2C1=O. The van der Waals surface area contributed by atoms with Gasteiger partial charge in [-0.1, -0.05) is 12.1 Å². The molecule has 16 heteroatoms. The molecule has 49 heavy (non-hydrogen) atoms. The van der Waals surface area contributed by atoms with E-state index in [1.807, 2.05) is 6.26 Å². The van der Waals surface area contributed by atoms with Gasteiger partial charge in [0.05, 0.1) is 12.1 Å². The molecule has 13 nitrogen and oxygen atoms in total. The standard InChI is InChI=1S/C33H39N7O6S3/c1-18-30-37-23(16-48-30)27(42)35-21(11-14-47-2)32(45)40-13-4-6-26(40)31-38-24(17-49-31)28(43)36-22(15-19-7-9-20(41)10-8-19)33(46)39-12-3-5-25(39)29(44)34-18/h7-10,16-18,21-22,25-26,41H,3-6,11-15H2,1-2H3,(H,34,44)(H,35,42)(H,36,43)/t18-,21-,22-,25-,26-/m0/s1. The molecule has 3 aromatic rings. The maximum atomic E-state index is 14.1. The molecule has 0 spiro atoms. The summed E-state index contributed by atoms with van der Waals surface area (Å²) in [5.74, 6) is -1.24. The van der Waals surface area contributed by atoms with Crippen LogP contribution < -0.4 is 16.0 Å². The van der Waals surface area contributed by atoms with Gasteiger partial charge in [0.15, 0.2) is 0 Å². The normalized spacial score (nSPS) is 25.3. The number of rotatable bonds is 5. The summed E-state index contributed by atoms with van der Waals surface area (Å²) in [5.41, 5.74) is 1.01. The summed E-state index contributed by atoms with van der Waals surface area (Å²) in [5, 5.41) is 22.9. The van der Waals surface area contributed by atoms with Crippen molar-refractivity contribution in [3.8, 4) is 5.75 Å². The van der Waals surface area contributed by atoms with Gasteiger partial charge in [0, 0.05) is 30.3 Å². The van der Waals surface area contributed by atoms with Crippen molar-refractivity contribution in [3.63, 3.8) is 0 Å². The van der Waals surface area contributed by atoms with E-state index in [4.69, 9.17) is 0 Å². The molecule has 2 fully saturated rings. The number of benzene rings is 1. The smallest absolute Gasteiger partial charge is 0.271 e. The van der Waals surface area contributed by atoms with Crippen LogP contribution in [0.2, 0.25) is 0 Å². The van der Waals surface area contributed by atoms with Gasteiger partial charge in [0.25, 0.3) is 11.8 Å². The highest BCUT2D eigenvalue weighted by atomic mass is 32.2. The number of nitrogens with zero attached hydrogens (tertiary/aromatic N) is 4. The average Bonchev–Trinajstić information content (AvgIpc) is 3.92. The van der Waals surface area contributed by atoms with Crippen LogP contribution in [0.4, 0.5) is 0 Å². The van der Waals surface area contributed by atoms with Crippen molar-refractivity contribution in [2.24, 2.45) is 0 Å². The largest absolute Gasteiger partial charge is 0.508 e. The zero-order chi connectivity index (χ0) is 34.7. The van der Waals surface area contributed by atoms with Crippen molar-refractivity contribution in [1.82, 2.24) is 35.7 Å². The van der Waals surface area contributed by atoms with Crippen LogP contribution in [-0.4, -0.2) is 97.6 Å². The summed E-state index contributed by atoms with van der Waals surface area (Å²) in [6.07, 6.45) is 4.98. The third kappa shape index (κ3) is 7.75. The van der Waals surface area contributed by atoms with Crippen molar-refractivity contribution >= 4 is 64.0 Å². The van der Waals surface area contributed by atoms with E-state index >= 15 is 0 Å². The first-order chi connectivity index (χ1) is 23.6. The highest BCUT2D eigenvalue weighted by Gasteiger charge is 2.40. The van der Waals surface area contributed by atoms with Crippen molar-refractivity contribution in [3.05, 3.63) is 62.0 Å². The molecule has 0 saturated carbocycles. The van der Waals surface area contributed by atoms with Gasteiger partial charge >= 0.3 is 0 Å². The second-order valence-electron chi connectivity index (χ2n) is 12.5. The summed E-state index contributed by atoms with van der Waals surface area (Å²) in [7, 11) is 0. The van der Waals surface area contributed by atoms with Gasteiger partial charge in [-0.05, 0) is 68.7 Å². The molecular weight excluding hydrogens is 687 g/mol. The maximum Gasteiger partial charge on any atom is 0.271 e. The molecule has 3 aliphatic heterocycles. The lowest BCUT2D eigenvalue weighted by Gasteiger charge is -2.29. The summed E-state index contributed by atoms with van der Waals surface area (Å²) in [6.45, 7) is 2.61. The quantitative estimate of drug-likeness (QED) is 0.308. The number of thiazole rings is 2. The summed E-state index contributed by atoms with van der Waals surface area (Å²) in [6, 6.07) is 2.96. The van der Waals surface area contributed by atoms with Gasteiger partial charge in [0.1, 0.15) is 45.3 Å². The molecule has 4 bridgehead atoms. The molecular formula is C33H39N7O6S3. The second kappa shape index (κ2) is 15.3. The van der Waals surface area contributed by atoms with E-state index in [1.165, 1.54) is 39.7 Å². The van der Waals surface area contributed by atoms with Gasteiger partial charge in [0.2, 0.25) is 17.7 Å². The van der Waals surface area contributed by atoms with Gasteiger partial charge in [-0.2, -0.15) is 11.8 Å². The summed E-state index contributed by atoms with van der Waals surface area (Å²) < 4.78 is 0. The number of aromatic nitrogens is 2. The molecule has 2 aromatic heterocycles. The van der Waals surface area contributed by atoms with E-state index in [1.54, 1.807) is 46.5 Å². The van der Waals surface area contributed by atoms with Crippen molar-refractivity contribution < 1.29 is 29.1 Å². The molecule has 5 heterocycles. The maximum absolute atomic E-state index is 14.1. The van der Waals surface area contributed by atoms with E-state index < -0.39 is 41.9 Å². The highest BCUT2D eigenvalue weighted by molar-refractivity contribution is 7.98. The monoisotopic (exact) mass is 725 g/mol. The number of amides is 5. The molecule has 1 aromatic carbocycles. The number of aromatic hydroxyl groups is 1. The molecule has 5 amide bonds. The van der Waals surface area contributed by atoms with Crippen LogP contribution in [-0.2, 0) is 20.8 Å². The molecule has 260 valence electrons. The zero-order valence-corrected chi connectivity index (χ0v) is 29.7. The Morgan fingerprint density at radius 1 is 0.816 bits per heavy atom. The molecule has 0 unspecified atom stereocenters. The van der Waals surface area contributed by atoms with Crippen LogP contribution in [0.5, 0.6) is 5.75 Å². The minimum absolute atomic E-state index is 0.0777. The lowest BCUT2D eigenvalue weighted by atomic mass is 10.0. The van der Waals surface area contributed by atoms with Gasteiger partial charge in [-0.25, -0.2) is 9.97 Å².